The van der Waals surface area contributed by atoms with Gasteiger partial charge in [-0.1, -0.05) is 12.1 Å². The first-order valence-corrected chi connectivity index (χ1v) is 6.30. The van der Waals surface area contributed by atoms with E-state index >= 15 is 0 Å². The Morgan fingerprint density at radius 3 is 2.70 bits per heavy atom. The largest absolute Gasteiger partial charge is 0.494 e. The van der Waals surface area contributed by atoms with Crippen LogP contribution in [-0.2, 0) is 0 Å². The zero-order chi connectivity index (χ0) is 14.5. The Labute approximate surface area is 117 Å². The molecule has 0 unspecified atom stereocenters. The van der Waals surface area contributed by atoms with Gasteiger partial charge in [-0.25, -0.2) is 0 Å². The van der Waals surface area contributed by atoms with Gasteiger partial charge >= 0.3 is 0 Å². The van der Waals surface area contributed by atoms with Crippen LogP contribution in [0.25, 0.3) is 0 Å². The maximum absolute atomic E-state index is 11.3. The highest BCUT2D eigenvalue weighted by Crippen LogP contribution is 2.27. The molecule has 2 aromatic rings. The molecule has 1 amide bonds. The predicted molar refractivity (Wildman–Crippen MR) is 80.3 cm³/mol. The number of benzene rings is 2. The standard InChI is InChI=1S/C15H17N3O2/c1-2-20-11-6-3-5-10(9-11)18-13-8-4-7-12(14(13)16)15(17)19/h3-9,18H,2,16H2,1H3,(H2,17,19). The molecule has 0 aromatic heterocycles. The lowest BCUT2D eigenvalue weighted by Crippen LogP contribution is -2.14. The molecule has 0 atom stereocenters. The molecule has 2 aromatic carbocycles. The summed E-state index contributed by atoms with van der Waals surface area (Å²) in [5, 5.41) is 3.15. The van der Waals surface area contributed by atoms with Crippen molar-refractivity contribution in [1.82, 2.24) is 0 Å². The molecule has 0 bridgehead atoms. The number of carbonyl (C=O) groups is 1. The van der Waals surface area contributed by atoms with Gasteiger partial charge < -0.3 is 21.5 Å². The number of amides is 1. The summed E-state index contributed by atoms with van der Waals surface area (Å²) in [6.07, 6.45) is 0. The normalized spacial score (nSPS) is 10.1. The Balaban J connectivity index is 2.28. The first kappa shape index (κ1) is 13.7. The number of anilines is 3. The summed E-state index contributed by atoms with van der Waals surface area (Å²) in [4.78, 5) is 11.3. The van der Waals surface area contributed by atoms with Crippen LogP contribution in [0.1, 0.15) is 17.3 Å². The van der Waals surface area contributed by atoms with Gasteiger partial charge in [0.15, 0.2) is 0 Å². The number of nitrogens with two attached hydrogens (primary N) is 2. The molecule has 0 heterocycles. The first-order valence-electron chi connectivity index (χ1n) is 6.30. The van der Waals surface area contributed by atoms with Gasteiger partial charge in [0.25, 0.3) is 5.91 Å². The number of carbonyl (C=O) groups excluding carboxylic acids is 1. The Bertz CT molecular complexity index is 626. The molecule has 0 fully saturated rings. The van der Waals surface area contributed by atoms with Gasteiger partial charge in [-0.05, 0) is 31.2 Å². The highest BCUT2D eigenvalue weighted by molar-refractivity contribution is 6.01. The van der Waals surface area contributed by atoms with Gasteiger partial charge in [0, 0.05) is 11.8 Å². The van der Waals surface area contributed by atoms with Crippen molar-refractivity contribution < 1.29 is 9.53 Å². The van der Waals surface area contributed by atoms with E-state index in [9.17, 15) is 4.79 Å². The average Bonchev–Trinajstić information content (AvgIpc) is 2.42. The molecule has 20 heavy (non-hydrogen) atoms. The Morgan fingerprint density at radius 2 is 2.00 bits per heavy atom. The molecule has 0 aliphatic carbocycles. The quantitative estimate of drug-likeness (QED) is 0.729. The summed E-state index contributed by atoms with van der Waals surface area (Å²) in [5.74, 6) is 0.219. The van der Waals surface area contributed by atoms with E-state index in [0.717, 1.165) is 11.4 Å². The predicted octanol–water partition coefficient (Wildman–Crippen LogP) is 2.51. The van der Waals surface area contributed by atoms with Crippen LogP contribution in [0.15, 0.2) is 42.5 Å². The second-order valence-corrected chi connectivity index (χ2v) is 4.22. The summed E-state index contributed by atoms with van der Waals surface area (Å²) < 4.78 is 5.43. The van der Waals surface area contributed by atoms with E-state index in [-0.39, 0.29) is 0 Å². The van der Waals surface area contributed by atoms with Crippen LogP contribution < -0.4 is 21.5 Å². The van der Waals surface area contributed by atoms with Gasteiger partial charge in [-0.2, -0.15) is 0 Å². The van der Waals surface area contributed by atoms with Gasteiger partial charge in [-0.3, -0.25) is 4.79 Å². The van der Waals surface area contributed by atoms with E-state index < -0.39 is 5.91 Å². The van der Waals surface area contributed by atoms with Crippen molar-refractivity contribution in [3.8, 4) is 5.75 Å². The van der Waals surface area contributed by atoms with Crippen LogP contribution in [0.5, 0.6) is 5.75 Å². The molecule has 0 spiro atoms. The summed E-state index contributed by atoms with van der Waals surface area (Å²) in [6.45, 7) is 2.52. The van der Waals surface area contributed by atoms with Gasteiger partial charge in [0.2, 0.25) is 0 Å². The number of ether oxygens (including phenoxy) is 1. The SMILES string of the molecule is CCOc1cccc(Nc2cccc(C(N)=O)c2N)c1. The van der Waals surface area contributed by atoms with E-state index in [2.05, 4.69) is 5.32 Å². The van der Waals surface area contributed by atoms with Crippen LogP contribution in [0.3, 0.4) is 0 Å². The second kappa shape index (κ2) is 5.97. The van der Waals surface area contributed by atoms with E-state index in [4.69, 9.17) is 16.2 Å². The maximum atomic E-state index is 11.3. The Hall–Kier alpha value is -2.69. The van der Waals surface area contributed by atoms with Crippen molar-refractivity contribution in [3.05, 3.63) is 48.0 Å². The van der Waals surface area contributed by atoms with Crippen LogP contribution in [-0.4, -0.2) is 12.5 Å². The zero-order valence-electron chi connectivity index (χ0n) is 11.2. The molecule has 0 saturated heterocycles. The van der Waals surface area contributed by atoms with Crippen molar-refractivity contribution in [2.24, 2.45) is 5.73 Å². The van der Waals surface area contributed by atoms with Crippen LogP contribution in [0.4, 0.5) is 17.1 Å². The fourth-order valence-electron chi connectivity index (χ4n) is 1.87. The average molecular weight is 271 g/mol. The minimum absolute atomic E-state index is 0.302. The molecule has 0 aliphatic rings. The van der Waals surface area contributed by atoms with Crippen LogP contribution >= 0.6 is 0 Å². The molecule has 5 nitrogen and oxygen atoms in total. The third-order valence-corrected chi connectivity index (χ3v) is 2.80. The Kier molecular flexibility index (Phi) is 4.10. The van der Waals surface area contributed by atoms with Gasteiger partial charge in [-0.15, -0.1) is 0 Å². The molecule has 0 radical (unpaired) electrons. The van der Waals surface area contributed by atoms with Crippen LogP contribution in [0, 0.1) is 0 Å². The highest BCUT2D eigenvalue weighted by atomic mass is 16.5. The van der Waals surface area contributed by atoms with E-state index in [0.29, 0.717) is 23.5 Å². The highest BCUT2D eigenvalue weighted by Gasteiger charge is 2.09. The monoisotopic (exact) mass is 271 g/mol. The summed E-state index contributed by atoms with van der Waals surface area (Å²) in [5.41, 5.74) is 13.3. The van der Waals surface area contributed by atoms with E-state index in [1.165, 1.54) is 0 Å². The van der Waals surface area contributed by atoms with Gasteiger partial charge in [0.1, 0.15) is 5.75 Å². The molecular weight excluding hydrogens is 254 g/mol. The number of primary amides is 1. The summed E-state index contributed by atoms with van der Waals surface area (Å²) >= 11 is 0. The minimum atomic E-state index is -0.547. The molecule has 0 saturated carbocycles. The fraction of sp³-hybridized carbons (Fsp3) is 0.133. The number of para-hydroxylation sites is 1. The number of nitrogen functional groups attached to an aromatic ring is 1. The number of hydrogen-bond donors (Lipinski definition) is 3. The van der Waals surface area contributed by atoms with E-state index in [1.807, 2.05) is 31.2 Å². The lowest BCUT2D eigenvalue weighted by atomic mass is 10.1. The second-order valence-electron chi connectivity index (χ2n) is 4.22. The van der Waals surface area contributed by atoms with Crippen molar-refractivity contribution in [2.45, 2.75) is 6.92 Å². The minimum Gasteiger partial charge on any atom is -0.494 e. The van der Waals surface area contributed by atoms with Crippen molar-refractivity contribution in [1.29, 1.82) is 0 Å². The molecule has 2 rings (SSSR count). The molecule has 0 aliphatic heterocycles. The third kappa shape index (κ3) is 3.00. The van der Waals surface area contributed by atoms with Gasteiger partial charge in [0.05, 0.1) is 23.5 Å². The van der Waals surface area contributed by atoms with E-state index in [1.54, 1.807) is 18.2 Å². The van der Waals surface area contributed by atoms with Crippen molar-refractivity contribution in [3.63, 3.8) is 0 Å². The first-order chi connectivity index (χ1) is 9.61. The lowest BCUT2D eigenvalue weighted by Gasteiger charge is -2.12. The number of rotatable bonds is 5. The molecule has 5 N–H and O–H groups in total. The summed E-state index contributed by atoms with van der Waals surface area (Å²) in [6, 6.07) is 12.6. The van der Waals surface area contributed by atoms with Crippen molar-refractivity contribution in [2.75, 3.05) is 17.7 Å². The number of hydrogen-bond acceptors (Lipinski definition) is 4. The zero-order valence-corrected chi connectivity index (χ0v) is 11.2. The lowest BCUT2D eigenvalue weighted by molar-refractivity contribution is 0.100. The molecule has 104 valence electrons. The van der Waals surface area contributed by atoms with Crippen LogP contribution in [0.2, 0.25) is 0 Å². The molecular formula is C15H17N3O2. The Morgan fingerprint density at radius 1 is 1.25 bits per heavy atom. The summed E-state index contributed by atoms with van der Waals surface area (Å²) in [7, 11) is 0. The maximum Gasteiger partial charge on any atom is 0.250 e. The topological polar surface area (TPSA) is 90.4 Å². The fourth-order valence-corrected chi connectivity index (χ4v) is 1.87. The third-order valence-electron chi connectivity index (χ3n) is 2.80. The molecule has 5 heteroatoms. The number of nitrogens with one attached hydrogen (secondary N) is 1. The smallest absolute Gasteiger partial charge is 0.250 e. The van der Waals surface area contributed by atoms with Crippen molar-refractivity contribution >= 4 is 23.0 Å².